The number of carbonyl (C=O) groups excluding carboxylic acids is 2. The van der Waals surface area contributed by atoms with Crippen molar-refractivity contribution < 1.29 is 9.59 Å². The van der Waals surface area contributed by atoms with Crippen molar-refractivity contribution in [2.75, 3.05) is 6.54 Å². The molecule has 6 heteroatoms. The van der Waals surface area contributed by atoms with E-state index in [2.05, 4.69) is 10.3 Å². The Bertz CT molecular complexity index is 429. The normalized spacial score (nSPS) is 21.1. The minimum absolute atomic E-state index is 0.0576. The molecule has 1 aromatic heterocycles. The van der Waals surface area contributed by atoms with Gasteiger partial charge in [0.1, 0.15) is 6.04 Å². The van der Waals surface area contributed by atoms with Gasteiger partial charge in [0.2, 0.25) is 11.8 Å². The fourth-order valence-electron chi connectivity index (χ4n) is 1.65. The summed E-state index contributed by atoms with van der Waals surface area (Å²) < 4.78 is 0. The largest absolute Gasteiger partial charge is 0.345 e. The molecule has 0 aliphatic carbocycles. The van der Waals surface area contributed by atoms with Crippen molar-refractivity contribution in [3.05, 3.63) is 16.1 Å². The van der Waals surface area contributed by atoms with Crippen LogP contribution in [0.15, 0.2) is 5.38 Å². The van der Waals surface area contributed by atoms with Crippen LogP contribution in [0.5, 0.6) is 0 Å². The molecular formula is C10H13N3O2S. The molecule has 1 fully saturated rings. The van der Waals surface area contributed by atoms with Gasteiger partial charge in [-0.2, -0.15) is 0 Å². The van der Waals surface area contributed by atoms with Gasteiger partial charge >= 0.3 is 0 Å². The van der Waals surface area contributed by atoms with Crippen molar-refractivity contribution in [3.8, 4) is 0 Å². The summed E-state index contributed by atoms with van der Waals surface area (Å²) in [6.07, 6.45) is 0. The van der Waals surface area contributed by atoms with E-state index in [1.54, 1.807) is 23.2 Å². The number of amides is 2. The quantitative estimate of drug-likeness (QED) is 0.807. The Hall–Kier alpha value is -1.43. The topological polar surface area (TPSA) is 62.3 Å². The van der Waals surface area contributed by atoms with Crippen LogP contribution in [0.1, 0.15) is 17.6 Å². The monoisotopic (exact) mass is 239 g/mol. The van der Waals surface area contributed by atoms with Crippen LogP contribution in [0.25, 0.3) is 0 Å². The van der Waals surface area contributed by atoms with Gasteiger partial charge in [0.15, 0.2) is 0 Å². The Labute approximate surface area is 97.5 Å². The number of carbonyl (C=O) groups is 2. The highest BCUT2D eigenvalue weighted by Gasteiger charge is 2.31. The van der Waals surface area contributed by atoms with Crippen LogP contribution in [0.2, 0.25) is 0 Å². The molecule has 0 aromatic carbocycles. The van der Waals surface area contributed by atoms with E-state index in [0.29, 0.717) is 6.54 Å². The highest BCUT2D eigenvalue weighted by Crippen LogP contribution is 2.14. The molecule has 1 saturated heterocycles. The molecule has 86 valence electrons. The Balaban J connectivity index is 2.12. The summed E-state index contributed by atoms with van der Waals surface area (Å²) in [5.74, 6) is -0.163. The highest BCUT2D eigenvalue weighted by atomic mass is 32.1. The lowest BCUT2D eigenvalue weighted by molar-refractivity contribution is -0.145. The molecule has 0 bridgehead atoms. The average molecular weight is 239 g/mol. The van der Waals surface area contributed by atoms with Crippen LogP contribution in [0, 0.1) is 6.92 Å². The lowest BCUT2D eigenvalue weighted by Crippen LogP contribution is -2.56. The first-order chi connectivity index (χ1) is 7.58. The second kappa shape index (κ2) is 4.21. The molecule has 1 atom stereocenters. The summed E-state index contributed by atoms with van der Waals surface area (Å²) in [5.41, 5.74) is 0.845. The predicted octanol–water partition coefficient (Wildman–Crippen LogP) is 0.298. The van der Waals surface area contributed by atoms with E-state index in [-0.39, 0.29) is 18.4 Å². The van der Waals surface area contributed by atoms with E-state index in [1.165, 1.54) is 0 Å². The lowest BCUT2D eigenvalue weighted by Gasteiger charge is -2.32. The zero-order valence-electron chi connectivity index (χ0n) is 9.19. The maximum Gasteiger partial charge on any atom is 0.242 e. The van der Waals surface area contributed by atoms with Crippen LogP contribution < -0.4 is 5.32 Å². The maximum absolute atomic E-state index is 11.6. The maximum atomic E-state index is 11.6. The molecule has 2 amide bonds. The molecule has 1 aliphatic heterocycles. The minimum atomic E-state index is -0.414. The van der Waals surface area contributed by atoms with Gasteiger partial charge in [-0.1, -0.05) is 0 Å². The third kappa shape index (κ3) is 2.06. The van der Waals surface area contributed by atoms with E-state index in [0.717, 1.165) is 10.7 Å². The lowest BCUT2D eigenvalue weighted by atomic mass is 10.2. The number of hydrogen-bond acceptors (Lipinski definition) is 4. The molecule has 2 rings (SSSR count). The molecule has 1 aromatic rings. The van der Waals surface area contributed by atoms with Crippen molar-refractivity contribution >= 4 is 23.2 Å². The van der Waals surface area contributed by atoms with Crippen molar-refractivity contribution in [3.63, 3.8) is 0 Å². The Morgan fingerprint density at radius 3 is 3.00 bits per heavy atom. The van der Waals surface area contributed by atoms with Crippen LogP contribution in [-0.2, 0) is 16.1 Å². The molecule has 0 spiro atoms. The minimum Gasteiger partial charge on any atom is -0.345 e. The predicted molar refractivity (Wildman–Crippen MR) is 59.9 cm³/mol. The Morgan fingerprint density at radius 2 is 2.38 bits per heavy atom. The molecule has 5 nitrogen and oxygen atoms in total. The number of piperazine rings is 1. The van der Waals surface area contributed by atoms with Gasteiger partial charge in [0.05, 0.1) is 23.8 Å². The number of aryl methyl sites for hydroxylation is 1. The van der Waals surface area contributed by atoms with Gasteiger partial charge in [0.25, 0.3) is 0 Å². The molecule has 0 radical (unpaired) electrons. The van der Waals surface area contributed by atoms with Gasteiger partial charge in [-0.3, -0.25) is 9.59 Å². The number of hydrogen-bond donors (Lipinski definition) is 1. The number of thiazole rings is 1. The molecule has 1 unspecified atom stereocenters. The number of rotatable bonds is 2. The van der Waals surface area contributed by atoms with E-state index >= 15 is 0 Å². The summed E-state index contributed by atoms with van der Waals surface area (Å²) in [7, 11) is 0. The second-order valence-electron chi connectivity index (χ2n) is 3.77. The van der Waals surface area contributed by atoms with Gasteiger partial charge in [-0.05, 0) is 13.8 Å². The van der Waals surface area contributed by atoms with Gasteiger partial charge < -0.3 is 10.2 Å². The number of nitrogens with one attached hydrogen (secondary N) is 1. The zero-order valence-corrected chi connectivity index (χ0v) is 10.0. The molecular weight excluding hydrogens is 226 g/mol. The van der Waals surface area contributed by atoms with E-state index < -0.39 is 6.04 Å². The van der Waals surface area contributed by atoms with Gasteiger partial charge in [0, 0.05) is 5.38 Å². The summed E-state index contributed by atoms with van der Waals surface area (Å²) >= 11 is 1.55. The standard InChI is InChI=1S/C10H13N3O2S/c1-6-10(15)11-3-9(14)13(6)4-8-5-16-7(2)12-8/h5-6H,3-4H2,1-2H3,(H,11,15). The zero-order chi connectivity index (χ0) is 11.7. The Kier molecular flexibility index (Phi) is 2.91. The first kappa shape index (κ1) is 11.1. The Morgan fingerprint density at radius 1 is 1.62 bits per heavy atom. The first-order valence-corrected chi connectivity index (χ1v) is 5.94. The van der Waals surface area contributed by atoms with Crippen molar-refractivity contribution in [1.29, 1.82) is 0 Å². The van der Waals surface area contributed by atoms with Crippen LogP contribution in [-0.4, -0.2) is 34.3 Å². The van der Waals surface area contributed by atoms with E-state index in [1.807, 2.05) is 12.3 Å². The average Bonchev–Trinajstić information content (AvgIpc) is 2.65. The molecule has 1 aliphatic rings. The summed E-state index contributed by atoms with van der Waals surface area (Å²) in [4.78, 5) is 28.9. The van der Waals surface area contributed by atoms with Crippen LogP contribution >= 0.6 is 11.3 Å². The summed E-state index contributed by atoms with van der Waals surface area (Å²) in [6, 6.07) is -0.414. The third-order valence-corrected chi connectivity index (χ3v) is 3.40. The third-order valence-electron chi connectivity index (χ3n) is 2.58. The smallest absolute Gasteiger partial charge is 0.242 e. The van der Waals surface area contributed by atoms with Crippen molar-refractivity contribution in [2.45, 2.75) is 26.4 Å². The molecule has 1 N–H and O–H groups in total. The number of aromatic nitrogens is 1. The molecule has 2 heterocycles. The second-order valence-corrected chi connectivity index (χ2v) is 4.84. The van der Waals surface area contributed by atoms with E-state index in [4.69, 9.17) is 0 Å². The summed E-state index contributed by atoms with van der Waals surface area (Å²) in [6.45, 7) is 4.15. The fourth-order valence-corrected chi connectivity index (χ4v) is 2.25. The first-order valence-electron chi connectivity index (χ1n) is 5.06. The summed E-state index contributed by atoms with van der Waals surface area (Å²) in [5, 5.41) is 5.44. The van der Waals surface area contributed by atoms with Crippen molar-refractivity contribution in [1.82, 2.24) is 15.2 Å². The van der Waals surface area contributed by atoms with E-state index in [9.17, 15) is 9.59 Å². The number of nitrogens with zero attached hydrogens (tertiary/aromatic N) is 2. The highest BCUT2D eigenvalue weighted by molar-refractivity contribution is 7.09. The van der Waals surface area contributed by atoms with Gasteiger partial charge in [-0.25, -0.2) is 4.98 Å². The van der Waals surface area contributed by atoms with Gasteiger partial charge in [-0.15, -0.1) is 11.3 Å². The fraction of sp³-hybridized carbons (Fsp3) is 0.500. The molecule has 16 heavy (non-hydrogen) atoms. The van der Waals surface area contributed by atoms with Crippen LogP contribution in [0.4, 0.5) is 0 Å². The molecule has 0 saturated carbocycles. The van der Waals surface area contributed by atoms with Crippen LogP contribution in [0.3, 0.4) is 0 Å². The van der Waals surface area contributed by atoms with Crippen molar-refractivity contribution in [2.24, 2.45) is 0 Å². The SMILES string of the molecule is Cc1nc(CN2C(=O)CNC(=O)C2C)cs1.